The van der Waals surface area contributed by atoms with Gasteiger partial charge in [0.2, 0.25) is 17.3 Å². The first-order valence-electron chi connectivity index (χ1n) is 14.3. The van der Waals surface area contributed by atoms with Crippen LogP contribution in [0, 0.1) is 10.8 Å². The third kappa shape index (κ3) is 7.88. The van der Waals surface area contributed by atoms with E-state index in [4.69, 9.17) is 4.74 Å². The molecule has 12 heteroatoms. The topological polar surface area (TPSA) is 137 Å². The highest BCUT2D eigenvalue weighted by molar-refractivity contribution is 7.92. The molecular formula is C31H43N4O6PS. The molecule has 0 fully saturated rings. The van der Waals surface area contributed by atoms with E-state index in [2.05, 4.69) is 35.6 Å². The molecule has 0 radical (unpaired) electrons. The van der Waals surface area contributed by atoms with Crippen LogP contribution in [-0.2, 0) is 30.7 Å². The van der Waals surface area contributed by atoms with Crippen molar-refractivity contribution >= 4 is 45.7 Å². The summed E-state index contributed by atoms with van der Waals surface area (Å²) >= 11 is 0. The zero-order valence-corrected chi connectivity index (χ0v) is 27.7. The van der Waals surface area contributed by atoms with Gasteiger partial charge < -0.3 is 20.1 Å². The van der Waals surface area contributed by atoms with Crippen LogP contribution in [0.25, 0.3) is 0 Å². The van der Waals surface area contributed by atoms with Crippen molar-refractivity contribution < 1.29 is 27.6 Å². The summed E-state index contributed by atoms with van der Waals surface area (Å²) in [6.45, 7) is 13.0. The first-order valence-corrected chi connectivity index (χ1v) is 18.1. The van der Waals surface area contributed by atoms with E-state index in [1.807, 2.05) is 51.1 Å². The summed E-state index contributed by atoms with van der Waals surface area (Å²) < 4.78 is 51.4. The van der Waals surface area contributed by atoms with Gasteiger partial charge in [0.05, 0.1) is 36.5 Å². The minimum Gasteiger partial charge on any atom is -0.509 e. The monoisotopic (exact) mass is 630 g/mol. The van der Waals surface area contributed by atoms with Crippen LogP contribution in [-0.4, -0.2) is 61.8 Å². The van der Waals surface area contributed by atoms with Gasteiger partial charge in [-0.05, 0) is 41.0 Å². The quantitative estimate of drug-likeness (QED) is 0.233. The number of fused-ring (bicyclic) bond motifs is 1. The van der Waals surface area contributed by atoms with Gasteiger partial charge >= 0.3 is 0 Å². The van der Waals surface area contributed by atoms with Crippen molar-refractivity contribution in [3.05, 3.63) is 65.4 Å². The average Bonchev–Trinajstić information content (AvgIpc) is 3.14. The molecule has 0 aromatic heterocycles. The number of amides is 1. The van der Waals surface area contributed by atoms with Gasteiger partial charge in [0, 0.05) is 18.4 Å². The lowest BCUT2D eigenvalue weighted by Gasteiger charge is -2.36. The van der Waals surface area contributed by atoms with Gasteiger partial charge in [-0.15, -0.1) is 0 Å². The number of aliphatic hydroxyl groups excluding tert-OH is 1. The molecule has 2 heterocycles. The van der Waals surface area contributed by atoms with Gasteiger partial charge in [-0.3, -0.25) is 14.1 Å². The molecule has 0 saturated carbocycles. The van der Waals surface area contributed by atoms with Crippen LogP contribution in [0.15, 0.2) is 64.6 Å². The molecule has 2 aromatic rings. The molecule has 0 spiro atoms. The zero-order chi connectivity index (χ0) is 31.8. The summed E-state index contributed by atoms with van der Waals surface area (Å²) in [7, 11) is -7.24. The molecule has 0 saturated heterocycles. The van der Waals surface area contributed by atoms with Crippen LogP contribution < -0.4 is 15.3 Å². The molecular weight excluding hydrogens is 587 g/mol. The number of amidine groups is 1. The van der Waals surface area contributed by atoms with E-state index in [-0.39, 0.29) is 46.9 Å². The Bertz CT molecular complexity index is 1590. The van der Waals surface area contributed by atoms with Crippen LogP contribution in [0.2, 0.25) is 0 Å². The lowest BCUT2D eigenvalue weighted by Crippen LogP contribution is -2.45. The molecule has 43 heavy (non-hydrogen) atoms. The number of hydrogen-bond donors (Lipinski definition) is 3. The number of carbonyl (C=O) groups is 1. The first kappa shape index (κ1) is 32.8. The molecule has 234 valence electrons. The first-order chi connectivity index (χ1) is 19.9. The van der Waals surface area contributed by atoms with E-state index in [1.54, 1.807) is 17.0 Å². The minimum atomic E-state index is -3.65. The number of hydrogen-bond acceptors (Lipinski definition) is 7. The van der Waals surface area contributed by atoms with Crippen LogP contribution in [0.5, 0.6) is 0 Å². The molecule has 2 aromatic carbocycles. The van der Waals surface area contributed by atoms with Gasteiger partial charge in [-0.1, -0.05) is 71.9 Å². The van der Waals surface area contributed by atoms with Crippen molar-refractivity contribution in [1.29, 1.82) is 0 Å². The Balaban J connectivity index is 1.72. The molecule has 0 aliphatic carbocycles. The minimum absolute atomic E-state index is 0.00301. The molecule has 0 bridgehead atoms. The standard InChI is InChI=1S/C31H43N4O6PS/c1-30(2,3)15-16-35-27(31(4,5)6)26(36)25(29(35)37)28-32-23-14-13-22(34-43(7,39)40)19-24(23)42(38,33-28)18-17-41-20-21-11-9-8-10-12-21/h8-14,19,27,34,36H,15-18,20H2,1-7H3,(H,32,33,38)/t27-,42?/m1/s1. The predicted molar refractivity (Wildman–Crippen MR) is 173 cm³/mol. The molecule has 2 aliphatic rings. The maximum absolute atomic E-state index is 14.7. The van der Waals surface area contributed by atoms with Crippen LogP contribution in [0.1, 0.15) is 53.5 Å². The maximum Gasteiger partial charge on any atom is 0.261 e. The molecule has 1 unspecified atom stereocenters. The van der Waals surface area contributed by atoms with Crippen LogP contribution in [0.4, 0.5) is 11.4 Å². The Hall–Kier alpha value is -3.14. The lowest BCUT2D eigenvalue weighted by molar-refractivity contribution is -0.128. The lowest BCUT2D eigenvalue weighted by atomic mass is 9.84. The Morgan fingerprint density at radius 2 is 1.77 bits per heavy atom. The number of aliphatic hydroxyl groups is 1. The number of carbonyl (C=O) groups excluding carboxylic acids is 1. The van der Waals surface area contributed by atoms with Gasteiger partial charge in [-0.25, -0.2) is 13.2 Å². The fraction of sp³-hybridized carbons (Fsp3) is 0.484. The van der Waals surface area contributed by atoms with Crippen LogP contribution in [0.3, 0.4) is 0 Å². The van der Waals surface area contributed by atoms with E-state index in [9.17, 15) is 22.9 Å². The van der Waals surface area contributed by atoms with Gasteiger partial charge in [-0.2, -0.15) is 0 Å². The van der Waals surface area contributed by atoms with Crippen molar-refractivity contribution in [2.75, 3.05) is 35.6 Å². The Labute approximate surface area is 255 Å². The number of ether oxygens (including phenoxy) is 1. The fourth-order valence-corrected chi connectivity index (χ4v) is 7.95. The third-order valence-corrected chi connectivity index (χ3v) is 10.3. The molecule has 4 rings (SSSR count). The van der Waals surface area contributed by atoms with E-state index >= 15 is 0 Å². The largest absolute Gasteiger partial charge is 0.509 e. The van der Waals surface area contributed by atoms with Crippen LogP contribution >= 0.6 is 7.29 Å². The Morgan fingerprint density at radius 3 is 2.37 bits per heavy atom. The number of anilines is 2. The van der Waals surface area contributed by atoms with E-state index in [0.717, 1.165) is 18.2 Å². The van der Waals surface area contributed by atoms with Crippen molar-refractivity contribution in [2.24, 2.45) is 15.6 Å². The van der Waals surface area contributed by atoms with E-state index in [1.165, 1.54) is 6.07 Å². The number of benzene rings is 2. The predicted octanol–water partition coefficient (Wildman–Crippen LogP) is 5.51. The zero-order valence-electron chi connectivity index (χ0n) is 26.0. The maximum atomic E-state index is 14.7. The van der Waals surface area contributed by atoms with Gasteiger partial charge in [0.15, 0.2) is 0 Å². The molecule has 2 atom stereocenters. The van der Waals surface area contributed by atoms with E-state index in [0.29, 0.717) is 24.1 Å². The second-order valence-electron chi connectivity index (χ2n) is 13.5. The van der Waals surface area contributed by atoms with Gasteiger partial charge in [0.1, 0.15) is 17.2 Å². The summed E-state index contributed by atoms with van der Waals surface area (Å²) in [5, 5.41) is 15.0. The summed E-state index contributed by atoms with van der Waals surface area (Å²) in [5.74, 6) is -0.445. The molecule has 10 nitrogen and oxygen atoms in total. The van der Waals surface area contributed by atoms with Crippen molar-refractivity contribution in [3.8, 4) is 0 Å². The fourth-order valence-electron chi connectivity index (χ4n) is 5.25. The highest BCUT2D eigenvalue weighted by atomic mass is 32.2. The molecule has 3 N–H and O–H groups in total. The summed E-state index contributed by atoms with van der Waals surface area (Å²) in [5.41, 5.74) is 1.12. The highest BCUT2D eigenvalue weighted by Crippen LogP contribution is 2.52. The van der Waals surface area contributed by atoms with Crippen molar-refractivity contribution in [2.45, 2.75) is 60.6 Å². The van der Waals surface area contributed by atoms with E-state index < -0.39 is 28.8 Å². The summed E-state index contributed by atoms with van der Waals surface area (Å²) in [4.78, 5) is 15.6. The van der Waals surface area contributed by atoms with Gasteiger partial charge in [0.25, 0.3) is 5.91 Å². The summed E-state index contributed by atoms with van der Waals surface area (Å²) in [6.07, 6.45) is 1.77. The number of nitrogens with one attached hydrogen (secondary N) is 2. The smallest absolute Gasteiger partial charge is 0.261 e. The van der Waals surface area contributed by atoms with Crippen molar-refractivity contribution in [1.82, 2.24) is 4.90 Å². The third-order valence-electron chi connectivity index (χ3n) is 7.30. The molecule has 2 aliphatic heterocycles. The number of rotatable bonds is 10. The van der Waals surface area contributed by atoms with Crippen molar-refractivity contribution in [3.63, 3.8) is 0 Å². The molecule has 1 amide bonds. The SMILES string of the molecule is CC(C)(C)CCN1C(=O)C(C2=NP(=O)(CCOCc3ccccc3)c3cc(NS(C)(=O)=O)ccc3N2)=C(O)[C@@H]1C(C)(C)C. The number of nitrogens with zero attached hydrogens (tertiary/aromatic N) is 2. The average molecular weight is 631 g/mol. The second-order valence-corrected chi connectivity index (χ2v) is 17.8. The normalized spacial score (nSPS) is 21.0. The Morgan fingerprint density at radius 1 is 1.09 bits per heavy atom. The summed E-state index contributed by atoms with van der Waals surface area (Å²) in [6, 6.07) is 13.6. The second kappa shape index (κ2) is 12.1. The highest BCUT2D eigenvalue weighted by Gasteiger charge is 2.48. The number of sulfonamides is 1. The Kier molecular flexibility index (Phi) is 9.22.